The van der Waals surface area contributed by atoms with Gasteiger partial charge in [-0.1, -0.05) is 29.3 Å². The van der Waals surface area contributed by atoms with Crippen molar-refractivity contribution in [3.8, 4) is 0 Å². The number of nitrogens with zero attached hydrogens (tertiary/aromatic N) is 4. The molecule has 162 valence electrons. The lowest BCUT2D eigenvalue weighted by molar-refractivity contribution is -0.0306. The number of anilines is 1. The number of likely N-dealkylation sites (tertiary alicyclic amines) is 1. The van der Waals surface area contributed by atoms with Gasteiger partial charge in [0.1, 0.15) is 5.52 Å². The first-order chi connectivity index (χ1) is 13.8. The lowest BCUT2D eigenvalue weighted by atomic mass is 9.91. The van der Waals surface area contributed by atoms with E-state index < -0.39 is 5.60 Å². The van der Waals surface area contributed by atoms with Crippen LogP contribution in [0, 0.1) is 0 Å². The first-order valence-electron chi connectivity index (χ1n) is 9.38. The Morgan fingerprint density at radius 2 is 2.00 bits per heavy atom. The number of piperidine rings is 1. The van der Waals surface area contributed by atoms with Gasteiger partial charge in [-0.25, -0.2) is 4.98 Å². The number of H-pyrrole nitrogens is 1. The summed E-state index contributed by atoms with van der Waals surface area (Å²) in [6.45, 7) is 2.32. The van der Waals surface area contributed by atoms with Crippen LogP contribution in [0.15, 0.2) is 29.2 Å². The molecule has 3 heterocycles. The lowest BCUT2D eigenvalue weighted by Crippen LogP contribution is -2.45. The van der Waals surface area contributed by atoms with Crippen LogP contribution in [0.4, 0.5) is 5.95 Å². The predicted molar refractivity (Wildman–Crippen MR) is 121 cm³/mol. The number of aromatic nitrogens is 4. The summed E-state index contributed by atoms with van der Waals surface area (Å²) in [6, 6.07) is 5.32. The molecule has 0 radical (unpaired) electrons. The van der Waals surface area contributed by atoms with E-state index in [1.165, 1.54) is 0 Å². The number of rotatable bonds is 5. The van der Waals surface area contributed by atoms with Crippen LogP contribution in [0.2, 0.25) is 10.0 Å². The first-order valence-corrected chi connectivity index (χ1v) is 10.1. The van der Waals surface area contributed by atoms with E-state index in [-0.39, 0.29) is 24.5 Å². The third kappa shape index (κ3) is 4.90. The quantitative estimate of drug-likeness (QED) is 0.527. The van der Waals surface area contributed by atoms with Crippen LogP contribution in [-0.4, -0.2) is 55.5 Å². The van der Waals surface area contributed by atoms with Crippen molar-refractivity contribution in [2.24, 2.45) is 0 Å². The number of hydrogen-bond donors (Lipinski definition) is 3. The van der Waals surface area contributed by atoms with Crippen molar-refractivity contribution in [3.05, 3.63) is 50.4 Å². The molecule has 0 atom stereocenters. The average molecular weight is 474 g/mol. The summed E-state index contributed by atoms with van der Waals surface area (Å²) in [5.74, 6) is 0.339. The van der Waals surface area contributed by atoms with E-state index in [9.17, 15) is 9.90 Å². The molecule has 3 aromatic rings. The van der Waals surface area contributed by atoms with Crippen LogP contribution in [0.25, 0.3) is 11.0 Å². The fourth-order valence-electron chi connectivity index (χ4n) is 3.52. The normalized spacial score (nSPS) is 16.4. The molecule has 30 heavy (non-hydrogen) atoms. The molecule has 1 aliphatic heterocycles. The molecule has 0 bridgehead atoms. The van der Waals surface area contributed by atoms with Crippen molar-refractivity contribution in [1.82, 2.24) is 24.6 Å². The molecular formula is C19H23Cl3N6O2. The summed E-state index contributed by atoms with van der Waals surface area (Å²) in [5, 5.41) is 19.2. The summed E-state index contributed by atoms with van der Waals surface area (Å²) < 4.78 is 1.55. The van der Waals surface area contributed by atoms with Gasteiger partial charge >= 0.3 is 0 Å². The number of aliphatic hydroxyl groups is 1. The Kier molecular flexibility index (Phi) is 6.94. The van der Waals surface area contributed by atoms with Crippen LogP contribution < -0.4 is 10.9 Å². The predicted octanol–water partition coefficient (Wildman–Crippen LogP) is 2.92. The molecule has 1 saturated heterocycles. The highest BCUT2D eigenvalue weighted by atomic mass is 35.5. The smallest absolute Gasteiger partial charge is 0.278 e. The minimum Gasteiger partial charge on any atom is -0.388 e. The summed E-state index contributed by atoms with van der Waals surface area (Å²) >= 11 is 12.0. The minimum absolute atomic E-state index is 0. The van der Waals surface area contributed by atoms with Crippen LogP contribution in [-0.2, 0) is 13.1 Å². The van der Waals surface area contributed by atoms with E-state index >= 15 is 0 Å². The number of benzene rings is 1. The van der Waals surface area contributed by atoms with Gasteiger partial charge in [-0.2, -0.15) is 5.10 Å². The molecular weight excluding hydrogens is 451 g/mol. The molecule has 0 unspecified atom stereocenters. The zero-order valence-corrected chi connectivity index (χ0v) is 18.7. The highest BCUT2D eigenvalue weighted by Crippen LogP contribution is 2.25. The molecule has 0 spiro atoms. The molecule has 0 saturated carbocycles. The number of fused-ring (bicyclic) bond motifs is 1. The Balaban J connectivity index is 0.00000256. The van der Waals surface area contributed by atoms with E-state index in [1.807, 2.05) is 13.1 Å². The molecule has 0 amide bonds. The van der Waals surface area contributed by atoms with Crippen LogP contribution in [0.1, 0.15) is 18.4 Å². The van der Waals surface area contributed by atoms with E-state index in [4.69, 9.17) is 23.2 Å². The second-order valence-corrected chi connectivity index (χ2v) is 8.39. The van der Waals surface area contributed by atoms with Gasteiger partial charge in [0.25, 0.3) is 5.56 Å². The molecule has 11 heteroatoms. The fourth-order valence-corrected chi connectivity index (χ4v) is 3.84. The van der Waals surface area contributed by atoms with E-state index in [1.54, 1.807) is 23.0 Å². The Morgan fingerprint density at radius 3 is 2.70 bits per heavy atom. The second kappa shape index (κ2) is 9.11. The molecule has 1 fully saturated rings. The van der Waals surface area contributed by atoms with Crippen LogP contribution in [0.3, 0.4) is 0 Å². The SMILES string of the molecule is CN1CCC(O)(Cn2ncc3nc(NCc4ccc(Cl)c(Cl)c4)[nH]c(=O)c32)CC1.Cl. The van der Waals surface area contributed by atoms with Gasteiger partial charge in [0.05, 0.1) is 28.4 Å². The maximum atomic E-state index is 12.7. The number of hydrogen-bond acceptors (Lipinski definition) is 6. The highest BCUT2D eigenvalue weighted by molar-refractivity contribution is 6.42. The topological polar surface area (TPSA) is 99.1 Å². The van der Waals surface area contributed by atoms with Crippen molar-refractivity contribution in [3.63, 3.8) is 0 Å². The first kappa shape index (κ1) is 22.8. The maximum absolute atomic E-state index is 12.7. The van der Waals surface area contributed by atoms with Crippen LogP contribution in [0.5, 0.6) is 0 Å². The monoisotopic (exact) mass is 472 g/mol. The van der Waals surface area contributed by atoms with Crippen LogP contribution >= 0.6 is 35.6 Å². The fraction of sp³-hybridized carbons (Fsp3) is 0.421. The van der Waals surface area contributed by atoms with Crippen molar-refractivity contribution in [2.75, 3.05) is 25.5 Å². The number of nitrogens with one attached hydrogen (secondary N) is 2. The van der Waals surface area contributed by atoms with E-state index in [2.05, 4.69) is 25.3 Å². The summed E-state index contributed by atoms with van der Waals surface area (Å²) in [5.41, 5.74) is 0.560. The highest BCUT2D eigenvalue weighted by Gasteiger charge is 2.32. The standard InChI is InChI=1S/C19H22Cl2N6O2.ClH/c1-26-6-4-19(29,5-7-26)11-27-16-15(10-23-27)24-18(25-17(16)28)22-9-12-2-3-13(20)14(21)8-12;/h2-3,8,10,29H,4-7,9,11H2,1H3,(H2,22,24,25,28);1H. The third-order valence-corrected chi connectivity index (χ3v) is 6.04. The minimum atomic E-state index is -0.872. The Morgan fingerprint density at radius 1 is 1.27 bits per heavy atom. The van der Waals surface area contributed by atoms with Gasteiger partial charge in [0.15, 0.2) is 5.52 Å². The molecule has 3 N–H and O–H groups in total. The third-order valence-electron chi connectivity index (χ3n) is 5.31. The van der Waals surface area contributed by atoms with Gasteiger partial charge in [-0.05, 0) is 37.6 Å². The summed E-state index contributed by atoms with van der Waals surface area (Å²) in [4.78, 5) is 22.0. The molecule has 4 rings (SSSR count). The van der Waals surface area contributed by atoms with E-state index in [0.717, 1.165) is 18.7 Å². The van der Waals surface area contributed by atoms with Crippen molar-refractivity contribution < 1.29 is 5.11 Å². The summed E-state index contributed by atoms with van der Waals surface area (Å²) in [6.07, 6.45) is 2.83. The van der Waals surface area contributed by atoms with Crippen molar-refractivity contribution in [1.29, 1.82) is 0 Å². The van der Waals surface area contributed by atoms with Crippen molar-refractivity contribution in [2.45, 2.75) is 31.5 Å². The zero-order chi connectivity index (χ0) is 20.6. The van der Waals surface area contributed by atoms with Gasteiger partial charge < -0.3 is 15.3 Å². The molecule has 8 nitrogen and oxygen atoms in total. The number of aromatic amines is 1. The maximum Gasteiger partial charge on any atom is 0.278 e. The van der Waals surface area contributed by atoms with E-state index in [0.29, 0.717) is 46.4 Å². The number of halogens is 3. The van der Waals surface area contributed by atoms with Gasteiger partial charge in [-0.3, -0.25) is 14.5 Å². The Hall–Kier alpha value is -1.84. The molecule has 0 aliphatic carbocycles. The largest absolute Gasteiger partial charge is 0.388 e. The Labute approximate surface area is 189 Å². The summed E-state index contributed by atoms with van der Waals surface area (Å²) in [7, 11) is 2.03. The molecule has 2 aromatic heterocycles. The Bertz CT molecular complexity index is 1090. The van der Waals surface area contributed by atoms with Crippen molar-refractivity contribution >= 4 is 52.6 Å². The average Bonchev–Trinajstić information content (AvgIpc) is 3.08. The lowest BCUT2D eigenvalue weighted by Gasteiger charge is -2.36. The van der Waals surface area contributed by atoms with Gasteiger partial charge in [0.2, 0.25) is 5.95 Å². The van der Waals surface area contributed by atoms with Gasteiger partial charge in [-0.15, -0.1) is 12.4 Å². The molecule has 1 aromatic carbocycles. The second-order valence-electron chi connectivity index (χ2n) is 7.58. The van der Waals surface area contributed by atoms with Gasteiger partial charge in [0, 0.05) is 19.6 Å². The zero-order valence-electron chi connectivity index (χ0n) is 16.4. The molecule has 1 aliphatic rings.